The normalized spacial score (nSPS) is 10.3. The minimum atomic E-state index is -0.456. The van der Waals surface area contributed by atoms with Gasteiger partial charge in [0.25, 0.3) is 0 Å². The third-order valence-electron chi connectivity index (χ3n) is 2.68. The Morgan fingerprint density at radius 1 is 1.25 bits per heavy atom. The monoisotopic (exact) mass is 336 g/mol. The predicted octanol–water partition coefficient (Wildman–Crippen LogP) is 3.87. The number of nitro groups is 1. The topological polar surface area (TPSA) is 64.4 Å². The van der Waals surface area contributed by atoms with Gasteiger partial charge in [0.15, 0.2) is 0 Å². The van der Waals surface area contributed by atoms with Crippen LogP contribution in [0, 0.1) is 10.1 Å². The molecule has 0 spiro atoms. The van der Waals surface area contributed by atoms with Crippen LogP contribution in [0.2, 0.25) is 0 Å². The number of nitro benzene ring substituents is 1. The summed E-state index contributed by atoms with van der Waals surface area (Å²) in [5.74, 6) is 0.816. The minimum Gasteiger partial charge on any atom is -0.450 e. The largest absolute Gasteiger partial charge is 0.450 e. The van der Waals surface area contributed by atoms with Gasteiger partial charge >= 0.3 is 5.69 Å². The summed E-state index contributed by atoms with van der Waals surface area (Å²) in [6.07, 6.45) is 0. The number of ether oxygens (including phenoxy) is 1. The van der Waals surface area contributed by atoms with Crippen molar-refractivity contribution in [2.45, 2.75) is 6.54 Å². The van der Waals surface area contributed by atoms with Crippen LogP contribution in [0.4, 0.5) is 5.69 Å². The molecule has 0 bridgehead atoms. The number of hydrogen-bond acceptors (Lipinski definition) is 4. The molecule has 0 saturated heterocycles. The number of nitrogens with zero attached hydrogens (tertiary/aromatic N) is 1. The molecule has 0 unspecified atom stereocenters. The molecule has 0 fully saturated rings. The smallest absolute Gasteiger partial charge is 0.311 e. The van der Waals surface area contributed by atoms with Crippen LogP contribution < -0.4 is 10.1 Å². The summed E-state index contributed by atoms with van der Waals surface area (Å²) in [6, 6.07) is 12.1. The Balaban J connectivity index is 2.39. The maximum atomic E-state index is 11.0. The van der Waals surface area contributed by atoms with Crippen LogP contribution in [0.1, 0.15) is 5.56 Å². The Labute approximate surface area is 124 Å². The highest BCUT2D eigenvalue weighted by atomic mass is 79.9. The van der Waals surface area contributed by atoms with Gasteiger partial charge in [-0.3, -0.25) is 10.1 Å². The van der Waals surface area contributed by atoms with Gasteiger partial charge < -0.3 is 10.1 Å². The second kappa shape index (κ2) is 6.49. The van der Waals surface area contributed by atoms with Gasteiger partial charge in [0, 0.05) is 28.7 Å². The number of hydrogen-bond donors (Lipinski definition) is 1. The molecule has 2 rings (SSSR count). The zero-order valence-corrected chi connectivity index (χ0v) is 12.4. The zero-order valence-electron chi connectivity index (χ0n) is 10.8. The van der Waals surface area contributed by atoms with Crippen LogP contribution >= 0.6 is 15.9 Å². The molecule has 0 aliphatic rings. The van der Waals surface area contributed by atoms with Gasteiger partial charge in [0.1, 0.15) is 5.75 Å². The average Bonchev–Trinajstić information content (AvgIpc) is 2.41. The Kier molecular flexibility index (Phi) is 4.70. The van der Waals surface area contributed by atoms with Crippen molar-refractivity contribution >= 4 is 21.6 Å². The van der Waals surface area contributed by atoms with E-state index in [1.165, 1.54) is 6.07 Å². The standard InChI is InChI=1S/C14H13BrN2O3/c1-16-9-10-4-2-3-5-13(10)20-14-8-11(15)6-7-12(14)17(18)19/h2-8,16H,9H2,1H3. The van der Waals surface area contributed by atoms with Crippen molar-refractivity contribution < 1.29 is 9.66 Å². The fourth-order valence-electron chi connectivity index (χ4n) is 1.78. The molecule has 0 radical (unpaired) electrons. The van der Waals surface area contributed by atoms with E-state index in [-0.39, 0.29) is 11.4 Å². The molecule has 2 aromatic rings. The summed E-state index contributed by atoms with van der Waals surface area (Å²) < 4.78 is 6.45. The molecule has 6 heteroatoms. The molecular formula is C14H13BrN2O3. The molecule has 0 amide bonds. The third kappa shape index (κ3) is 3.34. The SMILES string of the molecule is CNCc1ccccc1Oc1cc(Br)ccc1[N+](=O)[O-]. The Morgan fingerprint density at radius 3 is 2.70 bits per heavy atom. The van der Waals surface area contributed by atoms with Crippen molar-refractivity contribution in [3.63, 3.8) is 0 Å². The van der Waals surface area contributed by atoms with Crippen molar-refractivity contribution in [2.75, 3.05) is 7.05 Å². The number of rotatable bonds is 5. The summed E-state index contributed by atoms with van der Waals surface area (Å²) in [6.45, 7) is 0.623. The van der Waals surface area contributed by atoms with Crippen molar-refractivity contribution in [1.29, 1.82) is 0 Å². The third-order valence-corrected chi connectivity index (χ3v) is 3.17. The van der Waals surface area contributed by atoms with Gasteiger partial charge in [-0.2, -0.15) is 0 Å². The minimum absolute atomic E-state index is 0.0625. The molecule has 0 heterocycles. The van der Waals surface area contributed by atoms with E-state index in [2.05, 4.69) is 21.2 Å². The molecule has 0 saturated carbocycles. The van der Waals surface area contributed by atoms with Crippen LogP contribution in [0.3, 0.4) is 0 Å². The lowest BCUT2D eigenvalue weighted by Gasteiger charge is -2.11. The number of halogens is 1. The lowest BCUT2D eigenvalue weighted by molar-refractivity contribution is -0.385. The first-order valence-corrected chi connectivity index (χ1v) is 6.75. The maximum absolute atomic E-state index is 11.0. The van der Waals surface area contributed by atoms with Crippen LogP contribution in [0.25, 0.3) is 0 Å². The Morgan fingerprint density at radius 2 is 2.00 bits per heavy atom. The fraction of sp³-hybridized carbons (Fsp3) is 0.143. The second-order valence-electron chi connectivity index (χ2n) is 4.11. The van der Waals surface area contributed by atoms with Crippen molar-refractivity contribution in [3.05, 3.63) is 62.6 Å². The molecule has 2 aromatic carbocycles. The molecule has 20 heavy (non-hydrogen) atoms. The molecular weight excluding hydrogens is 324 g/mol. The number of nitrogens with one attached hydrogen (secondary N) is 1. The lowest BCUT2D eigenvalue weighted by atomic mass is 10.2. The lowest BCUT2D eigenvalue weighted by Crippen LogP contribution is -2.06. The highest BCUT2D eigenvalue weighted by molar-refractivity contribution is 9.10. The van der Waals surface area contributed by atoms with Crippen LogP contribution in [-0.2, 0) is 6.54 Å². The zero-order chi connectivity index (χ0) is 14.5. The Bertz CT molecular complexity index is 632. The highest BCUT2D eigenvalue weighted by Gasteiger charge is 2.17. The predicted molar refractivity (Wildman–Crippen MR) is 80.1 cm³/mol. The Hall–Kier alpha value is -1.92. The van der Waals surface area contributed by atoms with Gasteiger partial charge in [0.05, 0.1) is 4.92 Å². The van der Waals surface area contributed by atoms with Gasteiger partial charge in [-0.05, 0) is 19.2 Å². The second-order valence-corrected chi connectivity index (χ2v) is 5.02. The van der Waals surface area contributed by atoms with Crippen LogP contribution in [0.5, 0.6) is 11.5 Å². The average molecular weight is 337 g/mol. The van der Waals surface area contributed by atoms with Crippen LogP contribution in [0.15, 0.2) is 46.9 Å². The van der Waals surface area contributed by atoms with E-state index in [0.29, 0.717) is 12.3 Å². The fourth-order valence-corrected chi connectivity index (χ4v) is 2.12. The molecule has 5 nitrogen and oxygen atoms in total. The summed E-state index contributed by atoms with van der Waals surface area (Å²) in [5, 5.41) is 14.1. The van der Waals surface area contributed by atoms with E-state index in [4.69, 9.17) is 4.74 Å². The first kappa shape index (κ1) is 14.5. The van der Waals surface area contributed by atoms with E-state index < -0.39 is 4.92 Å². The maximum Gasteiger partial charge on any atom is 0.311 e. The molecule has 0 aliphatic carbocycles. The summed E-state index contributed by atoms with van der Waals surface area (Å²) in [7, 11) is 1.83. The van der Waals surface area contributed by atoms with E-state index in [0.717, 1.165) is 10.0 Å². The van der Waals surface area contributed by atoms with Gasteiger partial charge in [-0.15, -0.1) is 0 Å². The van der Waals surface area contributed by atoms with Crippen molar-refractivity contribution in [1.82, 2.24) is 5.32 Å². The number of benzene rings is 2. The van der Waals surface area contributed by atoms with E-state index in [9.17, 15) is 10.1 Å². The quantitative estimate of drug-likeness (QED) is 0.664. The first-order chi connectivity index (χ1) is 9.61. The molecule has 104 valence electrons. The van der Waals surface area contributed by atoms with Crippen molar-refractivity contribution in [3.8, 4) is 11.5 Å². The molecule has 0 atom stereocenters. The van der Waals surface area contributed by atoms with E-state index in [1.54, 1.807) is 18.2 Å². The molecule has 1 N–H and O–H groups in total. The molecule has 0 aromatic heterocycles. The summed E-state index contributed by atoms with van der Waals surface area (Å²) in [5.41, 5.74) is 0.872. The van der Waals surface area contributed by atoms with Gasteiger partial charge in [-0.1, -0.05) is 34.1 Å². The van der Waals surface area contributed by atoms with Gasteiger partial charge in [0.2, 0.25) is 5.75 Å². The highest BCUT2D eigenvalue weighted by Crippen LogP contribution is 2.35. The van der Waals surface area contributed by atoms with Crippen LogP contribution in [-0.4, -0.2) is 12.0 Å². The van der Waals surface area contributed by atoms with E-state index in [1.807, 2.05) is 25.2 Å². The first-order valence-electron chi connectivity index (χ1n) is 5.96. The summed E-state index contributed by atoms with van der Waals surface area (Å²) >= 11 is 3.29. The van der Waals surface area contributed by atoms with Crippen molar-refractivity contribution in [2.24, 2.45) is 0 Å². The molecule has 0 aliphatic heterocycles. The number of para-hydroxylation sites is 1. The van der Waals surface area contributed by atoms with Gasteiger partial charge in [-0.25, -0.2) is 0 Å². The van der Waals surface area contributed by atoms with E-state index >= 15 is 0 Å². The summed E-state index contributed by atoms with van der Waals surface area (Å²) in [4.78, 5) is 10.6.